The molecule has 90 valence electrons. The highest BCUT2D eigenvalue weighted by Crippen LogP contribution is 2.31. The number of hydrogen-bond donors (Lipinski definition) is 2. The summed E-state index contributed by atoms with van der Waals surface area (Å²) in [7, 11) is 0. The van der Waals surface area contributed by atoms with Gasteiger partial charge in [0.25, 0.3) is 0 Å². The van der Waals surface area contributed by atoms with E-state index in [-0.39, 0.29) is 6.03 Å². The molecule has 0 aromatic carbocycles. The van der Waals surface area contributed by atoms with Crippen LogP contribution in [0.1, 0.15) is 38.5 Å². The maximum atomic E-state index is 12.0. The zero-order chi connectivity index (χ0) is 11.0. The summed E-state index contributed by atoms with van der Waals surface area (Å²) in [6.45, 7) is 2.12. The Kier molecular flexibility index (Phi) is 2.75. The van der Waals surface area contributed by atoms with E-state index in [1.807, 2.05) is 0 Å². The lowest BCUT2D eigenvalue weighted by Gasteiger charge is -2.37. The van der Waals surface area contributed by atoms with E-state index in [4.69, 9.17) is 0 Å². The van der Waals surface area contributed by atoms with E-state index in [1.165, 1.54) is 25.7 Å². The number of nitrogens with one attached hydrogen (secondary N) is 2. The molecule has 3 aliphatic rings. The third-order valence-electron chi connectivity index (χ3n) is 4.33. The molecule has 3 rings (SSSR count). The minimum Gasteiger partial charge on any atom is -0.333 e. The topological polar surface area (TPSA) is 44.4 Å². The lowest BCUT2D eigenvalue weighted by Crippen LogP contribution is -2.49. The van der Waals surface area contributed by atoms with Gasteiger partial charge in [-0.1, -0.05) is 12.8 Å². The number of rotatable bonds is 1. The lowest BCUT2D eigenvalue weighted by atomic mass is 9.89. The highest BCUT2D eigenvalue weighted by atomic mass is 16.2. The number of carbonyl (C=O) groups excluding carboxylic acids is 1. The van der Waals surface area contributed by atoms with Crippen molar-refractivity contribution in [1.82, 2.24) is 15.5 Å². The van der Waals surface area contributed by atoms with Crippen LogP contribution in [0.25, 0.3) is 0 Å². The molecule has 2 amide bonds. The summed E-state index contributed by atoms with van der Waals surface area (Å²) >= 11 is 0. The molecule has 0 bridgehead atoms. The van der Waals surface area contributed by atoms with Gasteiger partial charge in [-0.3, -0.25) is 0 Å². The van der Waals surface area contributed by atoms with Crippen molar-refractivity contribution in [3.63, 3.8) is 0 Å². The van der Waals surface area contributed by atoms with Crippen molar-refractivity contribution in [3.05, 3.63) is 0 Å². The number of urea groups is 1. The van der Waals surface area contributed by atoms with Gasteiger partial charge in [0.15, 0.2) is 0 Å². The van der Waals surface area contributed by atoms with E-state index in [1.54, 1.807) is 0 Å². The SMILES string of the molecule is O=C1N[C@H]2CCCC[C@H]2N1C1CCNCC1. The smallest absolute Gasteiger partial charge is 0.318 e. The van der Waals surface area contributed by atoms with Crippen LogP contribution in [-0.4, -0.2) is 42.1 Å². The quantitative estimate of drug-likeness (QED) is 0.698. The van der Waals surface area contributed by atoms with Gasteiger partial charge >= 0.3 is 6.03 Å². The summed E-state index contributed by atoms with van der Waals surface area (Å²) in [4.78, 5) is 14.2. The van der Waals surface area contributed by atoms with Crippen molar-refractivity contribution >= 4 is 6.03 Å². The Hall–Kier alpha value is -0.770. The molecule has 0 unspecified atom stereocenters. The predicted octanol–water partition coefficient (Wildman–Crippen LogP) is 1.07. The maximum Gasteiger partial charge on any atom is 0.318 e. The molecule has 0 spiro atoms. The van der Waals surface area contributed by atoms with Crippen molar-refractivity contribution in [2.45, 2.75) is 56.7 Å². The minimum atomic E-state index is 0.198. The fourth-order valence-corrected chi connectivity index (χ4v) is 3.52. The fourth-order valence-electron chi connectivity index (χ4n) is 3.52. The minimum absolute atomic E-state index is 0.198. The molecule has 0 aromatic heterocycles. The van der Waals surface area contributed by atoms with Gasteiger partial charge in [0, 0.05) is 6.04 Å². The molecule has 4 nitrogen and oxygen atoms in total. The van der Waals surface area contributed by atoms with Crippen molar-refractivity contribution in [3.8, 4) is 0 Å². The van der Waals surface area contributed by atoms with E-state index >= 15 is 0 Å². The summed E-state index contributed by atoms with van der Waals surface area (Å²) in [5, 5.41) is 6.54. The van der Waals surface area contributed by atoms with Crippen LogP contribution in [0.4, 0.5) is 4.79 Å². The van der Waals surface area contributed by atoms with Crippen LogP contribution in [0.5, 0.6) is 0 Å². The number of fused-ring (bicyclic) bond motifs is 1. The summed E-state index contributed by atoms with van der Waals surface area (Å²) < 4.78 is 0. The first kappa shape index (κ1) is 10.4. The second-order valence-corrected chi connectivity index (χ2v) is 5.30. The lowest BCUT2D eigenvalue weighted by molar-refractivity contribution is 0.138. The van der Waals surface area contributed by atoms with Crippen LogP contribution in [-0.2, 0) is 0 Å². The molecule has 2 saturated heterocycles. The molecule has 3 fully saturated rings. The highest BCUT2D eigenvalue weighted by molar-refractivity contribution is 5.78. The maximum absolute atomic E-state index is 12.0. The van der Waals surface area contributed by atoms with Crippen LogP contribution < -0.4 is 10.6 Å². The van der Waals surface area contributed by atoms with Crippen LogP contribution in [0, 0.1) is 0 Å². The summed E-state index contributed by atoms with van der Waals surface area (Å²) in [5.74, 6) is 0. The molecular formula is C12H21N3O. The predicted molar refractivity (Wildman–Crippen MR) is 62.3 cm³/mol. The van der Waals surface area contributed by atoms with Gasteiger partial charge in [0.1, 0.15) is 0 Å². The molecule has 2 heterocycles. The van der Waals surface area contributed by atoms with Crippen LogP contribution in [0.15, 0.2) is 0 Å². The number of nitrogens with zero attached hydrogens (tertiary/aromatic N) is 1. The molecule has 0 radical (unpaired) electrons. The van der Waals surface area contributed by atoms with Gasteiger partial charge in [0.2, 0.25) is 0 Å². The standard InChI is InChI=1S/C12H21N3O/c16-12-14-10-3-1-2-4-11(10)15(12)9-5-7-13-8-6-9/h9-11,13H,1-8H2,(H,14,16)/t10-,11+/m0/s1. The zero-order valence-corrected chi connectivity index (χ0v) is 9.74. The van der Waals surface area contributed by atoms with Gasteiger partial charge in [-0.25, -0.2) is 4.79 Å². The average molecular weight is 223 g/mol. The summed E-state index contributed by atoms with van der Waals surface area (Å²) in [6.07, 6.45) is 7.19. The molecule has 1 aliphatic carbocycles. The Morgan fingerprint density at radius 1 is 1.06 bits per heavy atom. The van der Waals surface area contributed by atoms with Crippen molar-refractivity contribution in [2.24, 2.45) is 0 Å². The molecular weight excluding hydrogens is 202 g/mol. The van der Waals surface area contributed by atoms with Crippen LogP contribution in [0.2, 0.25) is 0 Å². The summed E-state index contributed by atoms with van der Waals surface area (Å²) in [5.41, 5.74) is 0. The van der Waals surface area contributed by atoms with Crippen molar-refractivity contribution in [1.29, 1.82) is 0 Å². The Bertz CT molecular complexity index is 275. The van der Waals surface area contributed by atoms with E-state index in [9.17, 15) is 4.79 Å². The molecule has 0 aromatic rings. The van der Waals surface area contributed by atoms with Gasteiger partial charge in [-0.15, -0.1) is 0 Å². The van der Waals surface area contributed by atoms with Gasteiger partial charge < -0.3 is 15.5 Å². The molecule has 2 aliphatic heterocycles. The second kappa shape index (κ2) is 4.24. The Labute approximate surface area is 96.8 Å². The van der Waals surface area contributed by atoms with E-state index in [0.717, 1.165) is 25.9 Å². The van der Waals surface area contributed by atoms with E-state index < -0.39 is 0 Å². The summed E-state index contributed by atoms with van der Waals surface area (Å²) in [6, 6.07) is 1.61. The van der Waals surface area contributed by atoms with Gasteiger partial charge in [0.05, 0.1) is 12.1 Å². The highest BCUT2D eigenvalue weighted by Gasteiger charge is 2.43. The van der Waals surface area contributed by atoms with E-state index in [2.05, 4.69) is 15.5 Å². The van der Waals surface area contributed by atoms with E-state index in [0.29, 0.717) is 18.1 Å². The first-order chi connectivity index (χ1) is 7.86. The average Bonchev–Trinajstić information content (AvgIpc) is 2.66. The third-order valence-corrected chi connectivity index (χ3v) is 4.33. The number of amides is 2. The molecule has 2 N–H and O–H groups in total. The Morgan fingerprint density at radius 3 is 2.62 bits per heavy atom. The first-order valence-corrected chi connectivity index (χ1v) is 6.66. The number of carbonyl (C=O) groups is 1. The third kappa shape index (κ3) is 1.69. The molecule has 1 saturated carbocycles. The Balaban J connectivity index is 1.74. The van der Waals surface area contributed by atoms with Crippen LogP contribution in [0.3, 0.4) is 0 Å². The molecule has 16 heavy (non-hydrogen) atoms. The largest absolute Gasteiger partial charge is 0.333 e. The number of piperidine rings is 1. The zero-order valence-electron chi connectivity index (χ0n) is 9.74. The first-order valence-electron chi connectivity index (χ1n) is 6.66. The van der Waals surface area contributed by atoms with Crippen LogP contribution >= 0.6 is 0 Å². The fraction of sp³-hybridized carbons (Fsp3) is 0.917. The van der Waals surface area contributed by atoms with Crippen molar-refractivity contribution < 1.29 is 4.79 Å². The molecule has 4 heteroatoms. The van der Waals surface area contributed by atoms with Gasteiger partial charge in [-0.2, -0.15) is 0 Å². The second-order valence-electron chi connectivity index (χ2n) is 5.30. The van der Waals surface area contributed by atoms with Gasteiger partial charge in [-0.05, 0) is 38.8 Å². The molecule has 2 atom stereocenters. The van der Waals surface area contributed by atoms with Crippen molar-refractivity contribution in [2.75, 3.05) is 13.1 Å². The normalized spacial score (nSPS) is 36.0. The Morgan fingerprint density at radius 2 is 1.81 bits per heavy atom. The monoisotopic (exact) mass is 223 g/mol. The number of hydrogen-bond acceptors (Lipinski definition) is 2.